The van der Waals surface area contributed by atoms with Gasteiger partial charge in [0.1, 0.15) is 6.54 Å². The first kappa shape index (κ1) is 20.5. The minimum absolute atomic E-state index is 0.190. The monoisotopic (exact) mass is 454 g/mol. The van der Waals surface area contributed by atoms with Gasteiger partial charge in [0.05, 0.1) is 5.69 Å². The third kappa shape index (κ3) is 5.39. The van der Waals surface area contributed by atoms with Crippen molar-refractivity contribution in [2.24, 2.45) is 5.73 Å². The van der Waals surface area contributed by atoms with Crippen molar-refractivity contribution in [2.75, 3.05) is 5.32 Å². The smallest absolute Gasteiger partial charge is 0.270 e. The number of nitrogens with zero attached hydrogens (tertiary/aromatic N) is 2. The summed E-state index contributed by atoms with van der Waals surface area (Å²) in [6, 6.07) is 15.6. The molecule has 8 heteroatoms. The Hall–Kier alpha value is -3.26. The molecule has 0 unspecified atom stereocenters. The molecule has 0 fully saturated rings. The quantitative estimate of drug-likeness (QED) is 0.596. The van der Waals surface area contributed by atoms with E-state index in [1.165, 1.54) is 0 Å². The van der Waals surface area contributed by atoms with Crippen LogP contribution in [0.2, 0.25) is 0 Å². The zero-order valence-corrected chi connectivity index (χ0v) is 17.3. The molecule has 0 spiro atoms. The summed E-state index contributed by atoms with van der Waals surface area (Å²) in [5.41, 5.74) is 7.95. The Bertz CT molecular complexity index is 1110. The number of hydrogen-bond donors (Lipinski definition) is 2. The van der Waals surface area contributed by atoms with Crippen LogP contribution in [-0.2, 0) is 17.8 Å². The van der Waals surface area contributed by atoms with Gasteiger partial charge in [0, 0.05) is 27.7 Å². The summed E-state index contributed by atoms with van der Waals surface area (Å²) in [6.45, 7) is 1.58. The molecule has 0 aliphatic rings. The second-order valence-electron chi connectivity index (χ2n) is 6.57. The summed E-state index contributed by atoms with van der Waals surface area (Å²) < 4.78 is 2.07. The van der Waals surface area contributed by atoms with Crippen LogP contribution >= 0.6 is 15.9 Å². The maximum absolute atomic E-state index is 12.8. The van der Waals surface area contributed by atoms with Crippen molar-refractivity contribution in [3.05, 3.63) is 91.8 Å². The lowest BCUT2D eigenvalue weighted by molar-refractivity contribution is -0.117. The van der Waals surface area contributed by atoms with Crippen LogP contribution in [0.3, 0.4) is 0 Å². The summed E-state index contributed by atoms with van der Waals surface area (Å²) in [6.07, 6.45) is 0.357. The molecule has 2 amide bonds. The van der Waals surface area contributed by atoms with Gasteiger partial charge in [-0.15, -0.1) is 0 Å². The highest BCUT2D eigenvalue weighted by Crippen LogP contribution is 2.14. The summed E-state index contributed by atoms with van der Waals surface area (Å²) in [5.74, 6) is -0.847. The van der Waals surface area contributed by atoms with E-state index in [1.54, 1.807) is 49.4 Å². The van der Waals surface area contributed by atoms with E-state index in [1.807, 2.05) is 12.1 Å². The number of rotatable bonds is 6. The van der Waals surface area contributed by atoms with Crippen molar-refractivity contribution >= 4 is 33.4 Å². The number of amides is 2. The molecule has 0 aliphatic carbocycles. The van der Waals surface area contributed by atoms with Crippen molar-refractivity contribution in [2.45, 2.75) is 19.9 Å². The lowest BCUT2D eigenvalue weighted by atomic mass is 10.0. The van der Waals surface area contributed by atoms with Gasteiger partial charge in [-0.3, -0.25) is 14.4 Å². The molecule has 148 valence electrons. The molecule has 3 aromatic rings. The lowest BCUT2D eigenvalue weighted by Crippen LogP contribution is -2.32. The van der Waals surface area contributed by atoms with E-state index in [0.29, 0.717) is 28.9 Å². The van der Waals surface area contributed by atoms with Crippen LogP contribution in [0.15, 0.2) is 63.9 Å². The Morgan fingerprint density at radius 2 is 1.76 bits per heavy atom. The first-order valence-electron chi connectivity index (χ1n) is 8.83. The minimum atomic E-state index is -0.504. The highest BCUT2D eigenvalue weighted by molar-refractivity contribution is 9.10. The fourth-order valence-electron chi connectivity index (χ4n) is 2.85. The number of nitrogens with one attached hydrogen (secondary N) is 1. The van der Waals surface area contributed by atoms with E-state index >= 15 is 0 Å². The van der Waals surface area contributed by atoms with Crippen LogP contribution in [0.1, 0.15) is 27.2 Å². The maximum Gasteiger partial charge on any atom is 0.270 e. The third-order valence-electron chi connectivity index (χ3n) is 4.23. The highest BCUT2D eigenvalue weighted by Gasteiger charge is 2.12. The van der Waals surface area contributed by atoms with Crippen molar-refractivity contribution in [3.63, 3.8) is 0 Å². The SMILES string of the molecule is Cc1cc(Cc2ccc(C(N)=O)cc2)c(=O)n(CC(=O)Nc2ccc(Br)cc2)n1. The molecule has 3 N–H and O–H groups in total. The summed E-state index contributed by atoms with van der Waals surface area (Å²) in [5, 5.41) is 6.93. The fourth-order valence-corrected chi connectivity index (χ4v) is 3.12. The van der Waals surface area contributed by atoms with Gasteiger partial charge in [-0.2, -0.15) is 5.10 Å². The fraction of sp³-hybridized carbons (Fsp3) is 0.143. The molecule has 0 aliphatic heterocycles. The van der Waals surface area contributed by atoms with Gasteiger partial charge in [-0.05, 0) is 55.0 Å². The number of carbonyl (C=O) groups excluding carboxylic acids is 2. The van der Waals surface area contributed by atoms with Crippen LogP contribution in [0.4, 0.5) is 5.69 Å². The number of benzene rings is 2. The number of halogens is 1. The Morgan fingerprint density at radius 1 is 1.10 bits per heavy atom. The number of primary amides is 1. The zero-order chi connectivity index (χ0) is 21.0. The normalized spacial score (nSPS) is 10.6. The second-order valence-corrected chi connectivity index (χ2v) is 7.48. The van der Waals surface area contributed by atoms with Crippen LogP contribution in [0, 0.1) is 6.92 Å². The van der Waals surface area contributed by atoms with Crippen LogP contribution in [-0.4, -0.2) is 21.6 Å². The molecule has 2 aromatic carbocycles. The second kappa shape index (κ2) is 8.83. The average Bonchev–Trinajstić information content (AvgIpc) is 2.67. The number of carbonyl (C=O) groups is 2. The molecule has 0 bridgehead atoms. The van der Waals surface area contributed by atoms with E-state index in [9.17, 15) is 14.4 Å². The molecule has 7 nitrogen and oxygen atoms in total. The van der Waals surface area contributed by atoms with Gasteiger partial charge >= 0.3 is 0 Å². The number of anilines is 1. The van der Waals surface area contributed by atoms with Gasteiger partial charge in [-0.25, -0.2) is 4.68 Å². The predicted molar refractivity (Wildman–Crippen MR) is 114 cm³/mol. The standard InChI is InChI=1S/C21H19BrN4O3/c1-13-10-16(11-14-2-4-15(5-3-14)20(23)28)21(29)26(25-13)12-19(27)24-18-8-6-17(22)7-9-18/h2-10H,11-12H2,1H3,(H2,23,28)(H,24,27). The largest absolute Gasteiger partial charge is 0.366 e. The summed E-state index contributed by atoms with van der Waals surface area (Å²) in [4.78, 5) is 36.3. The van der Waals surface area contributed by atoms with E-state index in [-0.39, 0.29) is 18.0 Å². The number of hydrogen-bond acceptors (Lipinski definition) is 4. The summed E-state index contributed by atoms with van der Waals surface area (Å²) in [7, 11) is 0. The molecular weight excluding hydrogens is 436 g/mol. The van der Waals surface area contributed by atoms with Gasteiger partial charge in [0.25, 0.3) is 5.56 Å². The Kier molecular flexibility index (Phi) is 6.23. The molecule has 0 saturated carbocycles. The molecule has 1 heterocycles. The predicted octanol–water partition coefficient (Wildman–Crippen LogP) is 2.64. The van der Waals surface area contributed by atoms with Gasteiger partial charge in [0.15, 0.2) is 0 Å². The van der Waals surface area contributed by atoms with Gasteiger partial charge < -0.3 is 11.1 Å². The van der Waals surface area contributed by atoms with Crippen molar-refractivity contribution in [1.29, 1.82) is 0 Å². The van der Waals surface area contributed by atoms with Crippen molar-refractivity contribution in [1.82, 2.24) is 9.78 Å². The van der Waals surface area contributed by atoms with Crippen LogP contribution < -0.4 is 16.6 Å². The molecule has 29 heavy (non-hydrogen) atoms. The van der Waals surface area contributed by atoms with E-state index in [0.717, 1.165) is 14.7 Å². The number of nitrogens with two attached hydrogens (primary N) is 1. The first-order chi connectivity index (χ1) is 13.8. The van der Waals surface area contributed by atoms with Gasteiger partial charge in [0.2, 0.25) is 11.8 Å². The van der Waals surface area contributed by atoms with Crippen molar-refractivity contribution < 1.29 is 9.59 Å². The Morgan fingerprint density at radius 3 is 2.38 bits per heavy atom. The highest BCUT2D eigenvalue weighted by atomic mass is 79.9. The zero-order valence-electron chi connectivity index (χ0n) is 15.7. The van der Waals surface area contributed by atoms with Crippen LogP contribution in [0.25, 0.3) is 0 Å². The molecule has 1 aromatic heterocycles. The topological polar surface area (TPSA) is 107 Å². The maximum atomic E-state index is 12.8. The first-order valence-corrected chi connectivity index (χ1v) is 9.63. The van der Waals surface area contributed by atoms with Crippen molar-refractivity contribution in [3.8, 4) is 0 Å². The van der Waals surface area contributed by atoms with Gasteiger partial charge in [-0.1, -0.05) is 28.1 Å². The average molecular weight is 455 g/mol. The Balaban J connectivity index is 1.77. The third-order valence-corrected chi connectivity index (χ3v) is 4.75. The van der Waals surface area contributed by atoms with E-state index < -0.39 is 5.91 Å². The molecule has 0 radical (unpaired) electrons. The van der Waals surface area contributed by atoms with Crippen LogP contribution in [0.5, 0.6) is 0 Å². The van der Waals surface area contributed by atoms with E-state index in [2.05, 4.69) is 26.3 Å². The molecule has 3 rings (SSSR count). The minimum Gasteiger partial charge on any atom is -0.366 e. The number of aromatic nitrogens is 2. The number of aryl methyl sites for hydroxylation is 1. The molecule has 0 atom stereocenters. The molecule has 0 saturated heterocycles. The van der Waals surface area contributed by atoms with E-state index in [4.69, 9.17) is 5.73 Å². The lowest BCUT2D eigenvalue weighted by Gasteiger charge is -2.10. The Labute approximate surface area is 175 Å². The summed E-state index contributed by atoms with van der Waals surface area (Å²) >= 11 is 3.34. The molecular formula is C21H19BrN4O3.